The molecule has 1 aliphatic rings. The van der Waals surface area contributed by atoms with Crippen molar-refractivity contribution in [3.63, 3.8) is 0 Å². The number of carbonyl (C=O) groups is 1. The topological polar surface area (TPSA) is 67.8 Å². The molecule has 138 valence electrons. The Morgan fingerprint density at radius 1 is 1.08 bits per heavy atom. The van der Waals surface area contributed by atoms with Crippen molar-refractivity contribution in [3.8, 4) is 11.1 Å². The Morgan fingerprint density at radius 2 is 1.65 bits per heavy atom. The minimum Gasteiger partial charge on any atom is -0.691 e. The Morgan fingerprint density at radius 3 is 2.23 bits per heavy atom. The second kappa shape index (κ2) is 8.36. The van der Waals surface area contributed by atoms with Crippen molar-refractivity contribution in [2.24, 2.45) is 0 Å². The fourth-order valence-electron chi connectivity index (χ4n) is 2.88. The minimum absolute atomic E-state index is 0.0955. The van der Waals surface area contributed by atoms with Crippen LogP contribution in [-0.4, -0.2) is 22.9 Å². The summed E-state index contributed by atoms with van der Waals surface area (Å²) in [6.07, 6.45) is 0. The van der Waals surface area contributed by atoms with E-state index in [1.807, 2.05) is 36.4 Å². The quantitative estimate of drug-likeness (QED) is 0.168. The van der Waals surface area contributed by atoms with Gasteiger partial charge in [0.2, 0.25) is 0 Å². The van der Waals surface area contributed by atoms with Gasteiger partial charge in [0.05, 0.1) is 0 Å². The number of thioether (sulfide) groups is 1. The highest BCUT2D eigenvalue weighted by Gasteiger charge is 2.43. The summed E-state index contributed by atoms with van der Waals surface area (Å²) in [7, 11) is 0. The number of benzene rings is 2. The molecule has 0 atom stereocenters. The van der Waals surface area contributed by atoms with Gasteiger partial charge in [-0.25, -0.2) is 4.79 Å². The predicted molar refractivity (Wildman–Crippen MR) is 91.8 cm³/mol. The lowest BCUT2D eigenvalue weighted by Gasteiger charge is -2.15. The molecule has 0 N–H and O–H groups in total. The first-order chi connectivity index (χ1) is 12.5. The van der Waals surface area contributed by atoms with E-state index < -0.39 is 23.3 Å². The number of hydrogen-bond donors (Lipinski definition) is 0. The average molecular weight is 399 g/mol. The zero-order chi connectivity index (χ0) is 18.6. The largest absolute Gasteiger partial charge is 0.691 e. The molecule has 0 bridgehead atoms. The molecule has 2 aromatic carbocycles. The van der Waals surface area contributed by atoms with Crippen LogP contribution in [-0.2, 0) is 18.9 Å². The summed E-state index contributed by atoms with van der Waals surface area (Å²) in [6.45, 7) is 0. The Labute approximate surface area is 156 Å². The third kappa shape index (κ3) is 4.02. The third-order valence-electron chi connectivity index (χ3n) is 3.92. The molecule has 0 aliphatic heterocycles. The van der Waals surface area contributed by atoms with E-state index in [0.29, 0.717) is 5.75 Å². The maximum Gasteiger partial charge on any atom is 0.415 e. The summed E-state index contributed by atoms with van der Waals surface area (Å²) < 4.78 is 34.6. The highest BCUT2D eigenvalue weighted by molar-refractivity contribution is 7.99. The van der Waals surface area contributed by atoms with Gasteiger partial charge in [-0.2, -0.15) is 13.1 Å². The summed E-state index contributed by atoms with van der Waals surface area (Å²) in [5, 5.41) is 8.37. The SMILES string of the molecule is O=C(OCSCC1c2ccccc2-c2ccccc21)C(F)(F)SOO[O-]. The van der Waals surface area contributed by atoms with E-state index in [2.05, 4.69) is 26.2 Å². The van der Waals surface area contributed by atoms with Gasteiger partial charge >= 0.3 is 11.2 Å². The molecule has 0 heterocycles. The molecule has 0 aromatic heterocycles. The first kappa shape index (κ1) is 19.1. The molecule has 0 saturated carbocycles. The van der Waals surface area contributed by atoms with Crippen molar-refractivity contribution in [2.45, 2.75) is 11.2 Å². The van der Waals surface area contributed by atoms with Crippen molar-refractivity contribution in [1.82, 2.24) is 0 Å². The standard InChI is InChI=1S/C17H14F2O5S2/c18-17(19,26-24-23-21)16(20)22-10-25-9-15-13-7-3-1-5-11(13)12-6-2-4-8-14(12)15/h1-8,15,21H,9-10H2/p-1. The van der Waals surface area contributed by atoms with Crippen LogP contribution in [0.25, 0.3) is 11.1 Å². The molecule has 9 heteroatoms. The number of fused-ring (bicyclic) bond motifs is 3. The second-order valence-electron chi connectivity index (χ2n) is 5.38. The predicted octanol–water partition coefficient (Wildman–Crippen LogP) is 3.50. The van der Waals surface area contributed by atoms with Crippen LogP contribution in [0.4, 0.5) is 8.78 Å². The summed E-state index contributed by atoms with van der Waals surface area (Å²) in [5.41, 5.74) is 4.63. The van der Waals surface area contributed by atoms with Crippen molar-refractivity contribution in [2.75, 3.05) is 11.7 Å². The van der Waals surface area contributed by atoms with E-state index in [1.54, 1.807) is 0 Å². The molecule has 2 aromatic rings. The van der Waals surface area contributed by atoms with Gasteiger partial charge in [-0.05, 0) is 22.3 Å². The first-order valence-corrected chi connectivity index (χ1v) is 9.39. The lowest BCUT2D eigenvalue weighted by Crippen LogP contribution is -2.28. The van der Waals surface area contributed by atoms with Crippen LogP contribution in [0.2, 0.25) is 0 Å². The average Bonchev–Trinajstić information content (AvgIpc) is 2.97. The first-order valence-electron chi connectivity index (χ1n) is 7.50. The molecule has 0 unspecified atom stereocenters. The summed E-state index contributed by atoms with van der Waals surface area (Å²) >= 11 is 0.526. The molecule has 5 nitrogen and oxygen atoms in total. The molecular weight excluding hydrogens is 386 g/mol. The summed E-state index contributed by atoms with van der Waals surface area (Å²) in [5.74, 6) is -1.37. The fourth-order valence-corrected chi connectivity index (χ4v) is 4.00. The van der Waals surface area contributed by atoms with E-state index in [9.17, 15) is 18.8 Å². The van der Waals surface area contributed by atoms with Gasteiger partial charge in [0.25, 0.3) is 0 Å². The van der Waals surface area contributed by atoms with Crippen LogP contribution in [0.1, 0.15) is 17.0 Å². The van der Waals surface area contributed by atoms with Crippen LogP contribution in [0.3, 0.4) is 0 Å². The normalized spacial score (nSPS) is 13.3. The van der Waals surface area contributed by atoms with Crippen LogP contribution >= 0.6 is 23.8 Å². The third-order valence-corrected chi connectivity index (χ3v) is 5.28. The molecular formula is C17H13F2O5S2-. The van der Waals surface area contributed by atoms with Crippen LogP contribution in [0, 0.1) is 0 Å². The molecule has 3 rings (SSSR count). The maximum absolute atomic E-state index is 13.3. The van der Waals surface area contributed by atoms with Crippen LogP contribution in [0.15, 0.2) is 48.5 Å². The van der Waals surface area contributed by atoms with Gasteiger partial charge in [0.1, 0.15) is 18.0 Å². The number of carbonyl (C=O) groups excluding carboxylic acids is 1. The van der Waals surface area contributed by atoms with Crippen molar-refractivity contribution in [3.05, 3.63) is 59.7 Å². The Bertz CT molecular complexity index is 742. The van der Waals surface area contributed by atoms with E-state index in [-0.39, 0.29) is 11.9 Å². The van der Waals surface area contributed by atoms with E-state index >= 15 is 0 Å². The number of hydrogen-bond acceptors (Lipinski definition) is 7. The lowest BCUT2D eigenvalue weighted by molar-refractivity contribution is -0.777. The smallest absolute Gasteiger partial charge is 0.415 e. The molecule has 0 spiro atoms. The second-order valence-corrected chi connectivity index (χ2v) is 7.18. The highest BCUT2D eigenvalue weighted by atomic mass is 32.2. The monoisotopic (exact) mass is 399 g/mol. The van der Waals surface area contributed by atoms with E-state index in [4.69, 9.17) is 0 Å². The van der Waals surface area contributed by atoms with E-state index in [1.165, 1.54) is 11.8 Å². The number of esters is 1. The molecule has 0 amide bonds. The molecule has 1 aliphatic carbocycles. The van der Waals surface area contributed by atoms with Gasteiger partial charge in [-0.1, -0.05) is 48.5 Å². The zero-order valence-electron chi connectivity index (χ0n) is 13.2. The summed E-state index contributed by atoms with van der Waals surface area (Å²) in [4.78, 5) is 11.3. The van der Waals surface area contributed by atoms with E-state index in [0.717, 1.165) is 22.3 Å². The lowest BCUT2D eigenvalue weighted by atomic mass is 9.99. The Balaban J connectivity index is 1.58. The van der Waals surface area contributed by atoms with Crippen LogP contribution < -0.4 is 5.26 Å². The van der Waals surface area contributed by atoms with Gasteiger partial charge in [0.15, 0.2) is 0 Å². The van der Waals surface area contributed by atoms with Gasteiger partial charge < -0.3 is 9.99 Å². The molecule has 26 heavy (non-hydrogen) atoms. The van der Waals surface area contributed by atoms with Gasteiger partial charge in [-0.3, -0.25) is 5.04 Å². The van der Waals surface area contributed by atoms with Gasteiger partial charge in [0, 0.05) is 11.7 Å². The summed E-state index contributed by atoms with van der Waals surface area (Å²) in [6, 6.07) is 16.0. The maximum atomic E-state index is 13.3. The highest BCUT2D eigenvalue weighted by Crippen LogP contribution is 2.45. The number of halogens is 2. The Hall–Kier alpha value is -1.65. The molecule has 0 fully saturated rings. The van der Waals surface area contributed by atoms with Crippen molar-refractivity contribution >= 4 is 29.8 Å². The molecule has 0 radical (unpaired) electrons. The van der Waals surface area contributed by atoms with Gasteiger partial charge in [-0.15, -0.1) is 11.8 Å². The van der Waals surface area contributed by atoms with Crippen molar-refractivity contribution < 1.29 is 32.9 Å². The van der Waals surface area contributed by atoms with Crippen LogP contribution in [0.5, 0.6) is 0 Å². The number of ether oxygens (including phenoxy) is 1. The van der Waals surface area contributed by atoms with Crippen molar-refractivity contribution in [1.29, 1.82) is 0 Å². The minimum atomic E-state index is -4.02. The number of rotatable bonds is 8. The molecule has 0 saturated heterocycles. The Kier molecular flexibility index (Phi) is 6.15. The fraction of sp³-hybridized carbons (Fsp3) is 0.235. The number of alkyl halides is 2. The zero-order valence-corrected chi connectivity index (χ0v) is 14.9.